The molecule has 2 nitrogen and oxygen atoms in total. The van der Waals surface area contributed by atoms with Crippen molar-refractivity contribution in [2.75, 3.05) is 6.54 Å². The van der Waals surface area contributed by atoms with Crippen molar-refractivity contribution in [2.24, 2.45) is 0 Å². The fraction of sp³-hybridized carbons (Fsp3) is 0.625. The number of benzene rings is 1. The van der Waals surface area contributed by atoms with E-state index in [0.717, 1.165) is 30.5 Å². The van der Waals surface area contributed by atoms with Crippen LogP contribution in [0.25, 0.3) is 0 Å². The molecular weight excluding hydrogens is 222 g/mol. The zero-order valence-electron chi connectivity index (χ0n) is 11.8. The third-order valence-corrected chi connectivity index (χ3v) is 4.00. The Bertz CT molecular complexity index is 406. The minimum Gasteiger partial charge on any atom is -0.507 e. The average Bonchev–Trinajstić information content (AvgIpc) is 2.39. The molecule has 1 fully saturated rings. The van der Waals surface area contributed by atoms with Crippen LogP contribution < -0.4 is 5.32 Å². The lowest BCUT2D eigenvalue weighted by Crippen LogP contribution is -2.28. The van der Waals surface area contributed by atoms with Crippen LogP contribution in [0.2, 0.25) is 0 Å². The second kappa shape index (κ2) is 5.75. The fourth-order valence-electron chi connectivity index (χ4n) is 2.92. The van der Waals surface area contributed by atoms with Gasteiger partial charge in [-0.3, -0.25) is 0 Å². The summed E-state index contributed by atoms with van der Waals surface area (Å²) in [6.45, 7) is 7.57. The number of rotatable bonds is 3. The Kier molecular flexibility index (Phi) is 4.28. The van der Waals surface area contributed by atoms with E-state index in [9.17, 15) is 5.11 Å². The molecule has 0 bridgehead atoms. The Labute approximate surface area is 110 Å². The van der Waals surface area contributed by atoms with Crippen LogP contribution >= 0.6 is 0 Å². The molecule has 1 aromatic carbocycles. The van der Waals surface area contributed by atoms with E-state index in [2.05, 4.69) is 38.2 Å². The third-order valence-electron chi connectivity index (χ3n) is 4.00. The Morgan fingerprint density at radius 1 is 1.33 bits per heavy atom. The molecule has 2 N–H and O–H groups in total. The summed E-state index contributed by atoms with van der Waals surface area (Å²) >= 11 is 0. The minimum absolute atomic E-state index is 0.336. The SMILES string of the molecule is CCc1ccc(C(C)C)c(C2CCCCN2)c1O. The maximum atomic E-state index is 10.5. The van der Waals surface area contributed by atoms with Crippen molar-refractivity contribution in [3.05, 3.63) is 28.8 Å². The third kappa shape index (κ3) is 2.54. The first-order valence-electron chi connectivity index (χ1n) is 7.23. The highest BCUT2D eigenvalue weighted by atomic mass is 16.3. The van der Waals surface area contributed by atoms with E-state index in [4.69, 9.17) is 0 Å². The molecule has 1 aliphatic heterocycles. The predicted octanol–water partition coefficient (Wildman–Crippen LogP) is 3.89. The number of nitrogens with one attached hydrogen (secondary N) is 1. The van der Waals surface area contributed by atoms with Gasteiger partial charge in [0.05, 0.1) is 0 Å². The zero-order valence-corrected chi connectivity index (χ0v) is 11.8. The zero-order chi connectivity index (χ0) is 13.1. The van der Waals surface area contributed by atoms with Gasteiger partial charge in [-0.15, -0.1) is 0 Å². The fourth-order valence-corrected chi connectivity index (χ4v) is 2.92. The quantitative estimate of drug-likeness (QED) is 0.849. The highest BCUT2D eigenvalue weighted by molar-refractivity contribution is 5.48. The van der Waals surface area contributed by atoms with Gasteiger partial charge in [0.25, 0.3) is 0 Å². The normalized spacial score (nSPS) is 20.3. The van der Waals surface area contributed by atoms with Gasteiger partial charge in [0.15, 0.2) is 0 Å². The first-order chi connectivity index (χ1) is 8.65. The van der Waals surface area contributed by atoms with Crippen LogP contribution in [0.4, 0.5) is 0 Å². The Hall–Kier alpha value is -1.02. The van der Waals surface area contributed by atoms with Crippen LogP contribution in [0, 0.1) is 0 Å². The summed E-state index contributed by atoms with van der Waals surface area (Å²) in [5.41, 5.74) is 3.52. The highest BCUT2D eigenvalue weighted by Gasteiger charge is 2.23. The standard InChI is InChI=1S/C16H25NO/c1-4-12-8-9-13(11(2)3)15(16(12)18)14-7-5-6-10-17-14/h8-9,11,14,17-18H,4-7,10H2,1-3H3. The first-order valence-corrected chi connectivity index (χ1v) is 7.23. The van der Waals surface area contributed by atoms with E-state index in [1.165, 1.54) is 18.4 Å². The van der Waals surface area contributed by atoms with Gasteiger partial charge in [-0.2, -0.15) is 0 Å². The van der Waals surface area contributed by atoms with Crippen molar-refractivity contribution < 1.29 is 5.11 Å². The van der Waals surface area contributed by atoms with Crippen LogP contribution in [0.15, 0.2) is 12.1 Å². The topological polar surface area (TPSA) is 32.3 Å². The number of aromatic hydroxyl groups is 1. The molecule has 1 atom stereocenters. The van der Waals surface area contributed by atoms with Crippen molar-refractivity contribution in [3.63, 3.8) is 0 Å². The summed E-state index contributed by atoms with van der Waals surface area (Å²) in [4.78, 5) is 0. The monoisotopic (exact) mass is 247 g/mol. The average molecular weight is 247 g/mol. The van der Waals surface area contributed by atoms with E-state index >= 15 is 0 Å². The van der Waals surface area contributed by atoms with Crippen molar-refractivity contribution in [1.29, 1.82) is 0 Å². The summed E-state index contributed by atoms with van der Waals surface area (Å²) in [5, 5.41) is 14.1. The smallest absolute Gasteiger partial charge is 0.123 e. The number of hydrogen-bond donors (Lipinski definition) is 2. The van der Waals surface area contributed by atoms with Gasteiger partial charge in [0.2, 0.25) is 0 Å². The van der Waals surface area contributed by atoms with Crippen molar-refractivity contribution in [2.45, 2.75) is 58.4 Å². The van der Waals surface area contributed by atoms with E-state index in [1.54, 1.807) is 0 Å². The van der Waals surface area contributed by atoms with Crippen molar-refractivity contribution in [1.82, 2.24) is 5.32 Å². The van der Waals surface area contributed by atoms with Crippen LogP contribution in [-0.2, 0) is 6.42 Å². The highest BCUT2D eigenvalue weighted by Crippen LogP contribution is 2.38. The molecule has 100 valence electrons. The van der Waals surface area contributed by atoms with Gasteiger partial charge in [-0.25, -0.2) is 0 Å². The van der Waals surface area contributed by atoms with E-state index in [0.29, 0.717) is 17.7 Å². The maximum absolute atomic E-state index is 10.5. The van der Waals surface area contributed by atoms with E-state index in [-0.39, 0.29) is 0 Å². The Balaban J connectivity index is 2.45. The molecular formula is C16H25NO. The van der Waals surface area contributed by atoms with Gasteiger partial charge in [-0.1, -0.05) is 39.3 Å². The van der Waals surface area contributed by atoms with Gasteiger partial charge >= 0.3 is 0 Å². The molecule has 2 rings (SSSR count). The molecule has 1 aromatic rings. The van der Waals surface area contributed by atoms with Crippen molar-refractivity contribution >= 4 is 0 Å². The molecule has 0 spiro atoms. The number of aryl methyl sites for hydroxylation is 1. The second-order valence-corrected chi connectivity index (χ2v) is 5.59. The molecule has 1 saturated heterocycles. The molecule has 0 saturated carbocycles. The van der Waals surface area contributed by atoms with E-state index in [1.807, 2.05) is 0 Å². The minimum atomic E-state index is 0.336. The van der Waals surface area contributed by atoms with Gasteiger partial charge in [-0.05, 0) is 42.9 Å². The van der Waals surface area contributed by atoms with Gasteiger partial charge in [0, 0.05) is 11.6 Å². The van der Waals surface area contributed by atoms with Gasteiger partial charge < -0.3 is 10.4 Å². The van der Waals surface area contributed by atoms with Crippen LogP contribution in [-0.4, -0.2) is 11.7 Å². The van der Waals surface area contributed by atoms with E-state index < -0.39 is 0 Å². The van der Waals surface area contributed by atoms with Crippen LogP contribution in [0.3, 0.4) is 0 Å². The summed E-state index contributed by atoms with van der Waals surface area (Å²) < 4.78 is 0. The molecule has 2 heteroatoms. The molecule has 0 radical (unpaired) electrons. The van der Waals surface area contributed by atoms with Crippen LogP contribution in [0.1, 0.15) is 68.7 Å². The van der Waals surface area contributed by atoms with Crippen LogP contribution in [0.5, 0.6) is 5.75 Å². The first kappa shape index (κ1) is 13.4. The molecule has 0 aliphatic carbocycles. The number of piperidine rings is 1. The summed E-state index contributed by atoms with van der Waals surface area (Å²) in [5.74, 6) is 0.989. The maximum Gasteiger partial charge on any atom is 0.123 e. The Morgan fingerprint density at radius 2 is 2.11 bits per heavy atom. The number of phenols is 1. The number of phenolic OH excluding ortho intramolecular Hbond substituents is 1. The summed E-state index contributed by atoms with van der Waals surface area (Å²) in [7, 11) is 0. The second-order valence-electron chi connectivity index (χ2n) is 5.59. The molecule has 1 aliphatic rings. The summed E-state index contributed by atoms with van der Waals surface area (Å²) in [6, 6.07) is 4.62. The lowest BCUT2D eigenvalue weighted by Gasteiger charge is -2.28. The molecule has 1 heterocycles. The lowest BCUT2D eigenvalue weighted by atomic mass is 9.86. The Morgan fingerprint density at radius 3 is 2.67 bits per heavy atom. The largest absolute Gasteiger partial charge is 0.507 e. The van der Waals surface area contributed by atoms with Gasteiger partial charge in [0.1, 0.15) is 5.75 Å². The molecule has 1 unspecified atom stereocenters. The molecule has 0 aromatic heterocycles. The summed E-state index contributed by atoms with van der Waals surface area (Å²) in [6.07, 6.45) is 4.54. The van der Waals surface area contributed by atoms with Crippen molar-refractivity contribution in [3.8, 4) is 5.75 Å². The predicted molar refractivity (Wildman–Crippen MR) is 76.2 cm³/mol. The molecule has 18 heavy (non-hydrogen) atoms. The molecule has 0 amide bonds. The lowest BCUT2D eigenvalue weighted by molar-refractivity contribution is 0.385. The number of hydrogen-bond acceptors (Lipinski definition) is 2.